The van der Waals surface area contributed by atoms with Crippen LogP contribution in [0.15, 0.2) is 58.8 Å². The zero-order chi connectivity index (χ0) is 22.3. The lowest BCUT2D eigenvalue weighted by atomic mass is 10.2. The number of hydrogen-bond donors (Lipinski definition) is 2. The first-order valence-electron chi connectivity index (χ1n) is 9.55. The summed E-state index contributed by atoms with van der Waals surface area (Å²) >= 11 is 2.58. The van der Waals surface area contributed by atoms with Gasteiger partial charge in [0.25, 0.3) is 0 Å². The molecule has 2 heterocycles. The number of nitrogens with one attached hydrogen (secondary N) is 2. The second-order valence-electron chi connectivity index (χ2n) is 6.51. The third-order valence-corrected chi connectivity index (χ3v) is 6.20. The zero-order valence-electron chi connectivity index (χ0n) is 17.4. The van der Waals surface area contributed by atoms with E-state index in [0.717, 1.165) is 22.6 Å². The van der Waals surface area contributed by atoms with E-state index < -0.39 is 0 Å². The zero-order valence-corrected chi connectivity index (χ0v) is 19.0. The summed E-state index contributed by atoms with van der Waals surface area (Å²) in [7, 11) is 3.24. The summed E-state index contributed by atoms with van der Waals surface area (Å²) in [6.45, 7) is 0. The number of rotatable bonds is 10. The minimum absolute atomic E-state index is 0.0478. The van der Waals surface area contributed by atoms with E-state index in [0.29, 0.717) is 22.0 Å². The molecule has 2 N–H and O–H groups in total. The second kappa shape index (κ2) is 10.3. The van der Waals surface area contributed by atoms with Crippen LogP contribution in [0.1, 0.15) is 0 Å². The van der Waals surface area contributed by atoms with E-state index in [2.05, 4.69) is 30.4 Å². The Morgan fingerprint density at radius 1 is 0.750 bits per heavy atom. The van der Waals surface area contributed by atoms with Gasteiger partial charge in [0.05, 0.1) is 25.7 Å². The number of ether oxygens (including phenoxy) is 2. The molecule has 164 valence electrons. The number of carbonyl (C=O) groups excluding carboxylic acids is 1. The SMILES string of the molecule is COc1ccc(-c2nc(SCC(=O)CSc3n[nH]c(-c4ccc(OC)cc4)n3)n[nH]2)cc1. The Morgan fingerprint density at radius 2 is 1.16 bits per heavy atom. The largest absolute Gasteiger partial charge is 0.497 e. The van der Waals surface area contributed by atoms with Gasteiger partial charge in [-0.25, -0.2) is 9.97 Å². The topological polar surface area (TPSA) is 119 Å². The van der Waals surface area contributed by atoms with Crippen LogP contribution in [0.3, 0.4) is 0 Å². The van der Waals surface area contributed by atoms with Crippen molar-refractivity contribution < 1.29 is 14.3 Å². The van der Waals surface area contributed by atoms with Crippen molar-refractivity contribution in [3.63, 3.8) is 0 Å². The van der Waals surface area contributed by atoms with Crippen molar-refractivity contribution in [1.29, 1.82) is 0 Å². The van der Waals surface area contributed by atoms with E-state index in [1.807, 2.05) is 48.5 Å². The number of Topliss-reactive ketones (excluding diaryl/α,β-unsaturated/α-hetero) is 1. The molecular weight excluding hydrogens is 448 g/mol. The molecule has 4 rings (SSSR count). The molecule has 0 fully saturated rings. The Kier molecular flexibility index (Phi) is 7.07. The van der Waals surface area contributed by atoms with Gasteiger partial charge < -0.3 is 9.47 Å². The molecule has 0 amide bonds. The first kappa shape index (κ1) is 21.9. The molecule has 0 aliphatic heterocycles. The van der Waals surface area contributed by atoms with Gasteiger partial charge in [-0.3, -0.25) is 15.0 Å². The van der Waals surface area contributed by atoms with Crippen molar-refractivity contribution in [3.05, 3.63) is 48.5 Å². The molecule has 0 atom stereocenters. The highest BCUT2D eigenvalue weighted by molar-refractivity contribution is 8.01. The molecule has 0 saturated heterocycles. The summed E-state index contributed by atoms with van der Waals surface area (Å²) in [4.78, 5) is 21.1. The number of nitrogens with zero attached hydrogens (tertiary/aromatic N) is 4. The summed E-state index contributed by atoms with van der Waals surface area (Å²) in [5, 5.41) is 15.2. The number of aromatic amines is 2. The van der Waals surface area contributed by atoms with E-state index in [4.69, 9.17) is 9.47 Å². The average Bonchev–Trinajstić information content (AvgIpc) is 3.51. The van der Waals surface area contributed by atoms with Gasteiger partial charge in [-0.05, 0) is 48.5 Å². The summed E-state index contributed by atoms with van der Waals surface area (Å²) in [5.74, 6) is 3.41. The third kappa shape index (κ3) is 5.48. The fraction of sp³-hybridized carbons (Fsp3) is 0.190. The van der Waals surface area contributed by atoms with Crippen LogP contribution in [-0.2, 0) is 4.79 Å². The normalized spacial score (nSPS) is 10.8. The van der Waals surface area contributed by atoms with Crippen molar-refractivity contribution >= 4 is 29.3 Å². The van der Waals surface area contributed by atoms with E-state index in [-0.39, 0.29) is 17.3 Å². The van der Waals surface area contributed by atoms with Gasteiger partial charge in [0.1, 0.15) is 11.5 Å². The van der Waals surface area contributed by atoms with Gasteiger partial charge in [-0.2, -0.15) is 0 Å². The molecule has 11 heteroatoms. The Balaban J connectivity index is 1.26. The number of carbonyl (C=O) groups is 1. The first-order valence-corrected chi connectivity index (χ1v) is 11.5. The third-order valence-electron chi connectivity index (χ3n) is 4.38. The van der Waals surface area contributed by atoms with Crippen molar-refractivity contribution in [1.82, 2.24) is 30.4 Å². The first-order chi connectivity index (χ1) is 15.6. The number of benzene rings is 2. The predicted molar refractivity (Wildman–Crippen MR) is 123 cm³/mol. The van der Waals surface area contributed by atoms with Crippen molar-refractivity contribution in [2.24, 2.45) is 0 Å². The van der Waals surface area contributed by atoms with E-state index >= 15 is 0 Å². The molecule has 0 radical (unpaired) electrons. The molecule has 32 heavy (non-hydrogen) atoms. The minimum Gasteiger partial charge on any atom is -0.497 e. The molecule has 0 aliphatic carbocycles. The summed E-state index contributed by atoms with van der Waals surface area (Å²) in [6, 6.07) is 15.0. The lowest BCUT2D eigenvalue weighted by molar-refractivity contribution is -0.114. The molecule has 0 spiro atoms. The summed E-state index contributed by atoms with van der Waals surface area (Å²) in [6.07, 6.45) is 0. The fourth-order valence-electron chi connectivity index (χ4n) is 2.71. The standard InChI is InChI=1S/C21H20N6O3S2/c1-29-16-7-3-13(4-8-16)18-22-20(26-24-18)31-11-15(28)12-32-21-23-19(25-27-21)14-5-9-17(30-2)10-6-14/h3-10H,11-12H2,1-2H3,(H,22,24,26)(H,23,25,27). The Bertz CT molecular complexity index is 1080. The smallest absolute Gasteiger partial charge is 0.209 e. The van der Waals surface area contributed by atoms with Crippen LogP contribution < -0.4 is 9.47 Å². The molecule has 2 aromatic carbocycles. The number of thioether (sulfide) groups is 2. The van der Waals surface area contributed by atoms with Crippen LogP contribution >= 0.6 is 23.5 Å². The van der Waals surface area contributed by atoms with Gasteiger partial charge in [0.15, 0.2) is 17.4 Å². The number of ketones is 1. The lowest BCUT2D eigenvalue weighted by Gasteiger charge is -2.00. The van der Waals surface area contributed by atoms with Crippen LogP contribution in [0.2, 0.25) is 0 Å². The highest BCUT2D eigenvalue weighted by Crippen LogP contribution is 2.24. The molecular formula is C21H20N6O3S2. The van der Waals surface area contributed by atoms with Crippen molar-refractivity contribution in [3.8, 4) is 34.3 Å². The Labute approximate surface area is 192 Å². The quantitative estimate of drug-likeness (QED) is 0.336. The van der Waals surface area contributed by atoms with Crippen LogP contribution in [0.5, 0.6) is 11.5 Å². The number of hydrogen-bond acceptors (Lipinski definition) is 9. The maximum Gasteiger partial charge on any atom is 0.209 e. The van der Waals surface area contributed by atoms with Crippen LogP contribution in [0, 0.1) is 0 Å². The monoisotopic (exact) mass is 468 g/mol. The maximum atomic E-state index is 12.3. The average molecular weight is 469 g/mol. The highest BCUT2D eigenvalue weighted by Gasteiger charge is 2.12. The molecule has 2 aromatic heterocycles. The van der Waals surface area contributed by atoms with Crippen molar-refractivity contribution in [2.75, 3.05) is 25.7 Å². The van der Waals surface area contributed by atoms with Crippen LogP contribution in [-0.4, -0.2) is 61.9 Å². The van der Waals surface area contributed by atoms with Gasteiger partial charge in [-0.15, -0.1) is 10.2 Å². The Hall–Kier alpha value is -3.31. The molecule has 9 nitrogen and oxygen atoms in total. The predicted octanol–water partition coefficient (Wildman–Crippen LogP) is 3.73. The molecule has 0 unspecified atom stereocenters. The van der Waals surface area contributed by atoms with Crippen molar-refractivity contribution in [2.45, 2.75) is 10.3 Å². The number of aromatic nitrogens is 6. The maximum absolute atomic E-state index is 12.3. The molecule has 0 saturated carbocycles. The molecule has 0 aliphatic rings. The Morgan fingerprint density at radius 3 is 1.53 bits per heavy atom. The van der Waals surface area contributed by atoms with Gasteiger partial charge in [0, 0.05) is 11.1 Å². The second-order valence-corrected chi connectivity index (χ2v) is 8.39. The molecule has 4 aromatic rings. The highest BCUT2D eigenvalue weighted by atomic mass is 32.2. The summed E-state index contributed by atoms with van der Waals surface area (Å²) < 4.78 is 10.3. The minimum atomic E-state index is 0.0478. The van der Waals surface area contributed by atoms with Gasteiger partial charge >= 0.3 is 0 Å². The van der Waals surface area contributed by atoms with Gasteiger partial charge in [-0.1, -0.05) is 23.5 Å². The van der Waals surface area contributed by atoms with Crippen LogP contribution in [0.25, 0.3) is 22.8 Å². The number of methoxy groups -OCH3 is 2. The van der Waals surface area contributed by atoms with E-state index in [1.54, 1.807) is 14.2 Å². The van der Waals surface area contributed by atoms with Gasteiger partial charge in [0.2, 0.25) is 10.3 Å². The fourth-order valence-corrected chi connectivity index (χ4v) is 4.16. The van der Waals surface area contributed by atoms with E-state index in [9.17, 15) is 4.79 Å². The van der Waals surface area contributed by atoms with E-state index in [1.165, 1.54) is 23.5 Å². The number of H-pyrrole nitrogens is 2. The van der Waals surface area contributed by atoms with Crippen LogP contribution in [0.4, 0.5) is 0 Å². The molecule has 0 bridgehead atoms. The summed E-state index contributed by atoms with van der Waals surface area (Å²) in [5.41, 5.74) is 1.79. The lowest BCUT2D eigenvalue weighted by Crippen LogP contribution is -2.05.